The second-order valence-electron chi connectivity index (χ2n) is 11.5. The Balaban J connectivity index is 1.25. The highest BCUT2D eigenvalue weighted by molar-refractivity contribution is 7.16. The Kier molecular flexibility index (Phi) is 5.39. The molecule has 0 spiro atoms. The molecule has 5 aliphatic rings. The summed E-state index contributed by atoms with van der Waals surface area (Å²) in [5, 5.41) is 16.8. The van der Waals surface area contributed by atoms with Gasteiger partial charge in [0.15, 0.2) is 5.13 Å². The molecule has 1 aromatic heterocycles. The van der Waals surface area contributed by atoms with Gasteiger partial charge in [0, 0.05) is 31.6 Å². The zero-order valence-electron chi connectivity index (χ0n) is 20.4. The Morgan fingerprint density at radius 3 is 2.67 bits per heavy atom. The van der Waals surface area contributed by atoms with E-state index >= 15 is 0 Å². The number of nitrogens with one attached hydrogen (secondary N) is 1. The van der Waals surface area contributed by atoms with Crippen LogP contribution in [0.25, 0.3) is 5.57 Å². The first kappa shape index (κ1) is 22.1. The number of rotatable bonds is 3. The number of nitrogens with zero attached hydrogens (tertiary/aromatic N) is 4. The number of fused-ring (bicyclic) bond motifs is 7. The van der Waals surface area contributed by atoms with Crippen molar-refractivity contribution in [2.45, 2.75) is 65.7 Å². The summed E-state index contributed by atoms with van der Waals surface area (Å²) in [5.74, 6) is 2.12. The molecule has 6 nitrogen and oxygen atoms in total. The van der Waals surface area contributed by atoms with E-state index in [9.17, 15) is 5.21 Å². The predicted molar refractivity (Wildman–Crippen MR) is 135 cm³/mol. The molecule has 180 valence electrons. The number of anilines is 1. The summed E-state index contributed by atoms with van der Waals surface area (Å²) in [6.45, 7) is 12.7. The molecule has 3 fully saturated rings. The Morgan fingerprint density at radius 1 is 1.12 bits per heavy atom. The lowest BCUT2D eigenvalue weighted by Crippen LogP contribution is -2.49. The van der Waals surface area contributed by atoms with Gasteiger partial charge < -0.3 is 10.1 Å². The molecule has 2 saturated carbocycles. The SMILES string of the molecule is CCN1CCN(Nc2nc3c(s2)C2=CC[C@@H]4[C@H](CC[C@]5(C)/C(=N/O)CC[C@@H]45)[C@@]2(C)CC3)CC1. The van der Waals surface area contributed by atoms with Gasteiger partial charge in [-0.1, -0.05) is 43.3 Å². The number of piperazine rings is 1. The van der Waals surface area contributed by atoms with Crippen molar-refractivity contribution >= 4 is 27.8 Å². The van der Waals surface area contributed by atoms with Crippen LogP contribution in [0.3, 0.4) is 0 Å². The molecule has 0 aromatic carbocycles. The van der Waals surface area contributed by atoms with E-state index in [1.54, 1.807) is 5.57 Å². The maximum Gasteiger partial charge on any atom is 0.198 e. The summed E-state index contributed by atoms with van der Waals surface area (Å²) >= 11 is 1.88. The molecule has 0 radical (unpaired) electrons. The highest BCUT2D eigenvalue weighted by Gasteiger charge is 2.58. The maximum absolute atomic E-state index is 9.62. The number of allylic oxidation sites excluding steroid dienone is 2. The molecule has 6 rings (SSSR count). The number of hydrogen-bond acceptors (Lipinski definition) is 7. The average molecular weight is 470 g/mol. The van der Waals surface area contributed by atoms with Gasteiger partial charge >= 0.3 is 0 Å². The lowest BCUT2D eigenvalue weighted by atomic mass is 9.48. The van der Waals surface area contributed by atoms with Crippen molar-refractivity contribution in [3.05, 3.63) is 16.6 Å². The third-order valence-corrected chi connectivity index (χ3v) is 11.3. The van der Waals surface area contributed by atoms with E-state index in [-0.39, 0.29) is 10.8 Å². The minimum Gasteiger partial charge on any atom is -0.411 e. The van der Waals surface area contributed by atoms with E-state index in [4.69, 9.17) is 4.98 Å². The topological polar surface area (TPSA) is 64.0 Å². The molecule has 1 aromatic rings. The fraction of sp³-hybridized carbons (Fsp3) is 0.769. The number of likely N-dealkylation sites (N-methyl/N-ethyl adjacent to an activating group) is 1. The highest BCUT2D eigenvalue weighted by Crippen LogP contribution is 2.65. The van der Waals surface area contributed by atoms with E-state index in [1.165, 1.54) is 42.7 Å². The highest BCUT2D eigenvalue weighted by atomic mass is 32.1. The summed E-state index contributed by atoms with van der Waals surface area (Å²) in [4.78, 5) is 9.02. The number of aryl methyl sites for hydroxylation is 1. The zero-order valence-corrected chi connectivity index (χ0v) is 21.3. The summed E-state index contributed by atoms with van der Waals surface area (Å²) < 4.78 is 0. The smallest absolute Gasteiger partial charge is 0.198 e. The molecule has 5 atom stereocenters. The van der Waals surface area contributed by atoms with E-state index in [1.807, 2.05) is 11.3 Å². The Labute approximate surface area is 202 Å². The summed E-state index contributed by atoms with van der Waals surface area (Å²) in [6, 6.07) is 0. The average Bonchev–Trinajstić information content (AvgIpc) is 3.39. The largest absolute Gasteiger partial charge is 0.411 e. The van der Waals surface area contributed by atoms with Crippen molar-refractivity contribution in [3.63, 3.8) is 0 Å². The lowest BCUT2D eigenvalue weighted by Gasteiger charge is -2.56. The third kappa shape index (κ3) is 3.33. The van der Waals surface area contributed by atoms with E-state index in [2.05, 4.69) is 47.3 Å². The molecular formula is C26H39N5OS. The van der Waals surface area contributed by atoms with E-state index in [0.29, 0.717) is 5.92 Å². The van der Waals surface area contributed by atoms with Crippen LogP contribution in [0.2, 0.25) is 0 Å². The van der Waals surface area contributed by atoms with Crippen molar-refractivity contribution in [2.24, 2.45) is 33.7 Å². The molecule has 2 heterocycles. The van der Waals surface area contributed by atoms with Gasteiger partial charge in [-0.25, -0.2) is 9.99 Å². The van der Waals surface area contributed by atoms with Crippen molar-refractivity contribution in [2.75, 3.05) is 38.1 Å². The van der Waals surface area contributed by atoms with Crippen LogP contribution < -0.4 is 5.43 Å². The molecule has 2 N–H and O–H groups in total. The summed E-state index contributed by atoms with van der Waals surface area (Å²) in [5.41, 5.74) is 7.98. The molecule has 33 heavy (non-hydrogen) atoms. The zero-order chi connectivity index (χ0) is 22.8. The maximum atomic E-state index is 9.62. The standard InChI is InChI=1S/C26H39N5OS/c1-4-30-13-15-31(16-14-30)28-24-27-21-10-12-25(2)19-9-11-26(3)18(7-8-22(26)29-32)17(19)5-6-20(25)23(21)33-24/h6,17-19,32H,4-5,7-16H2,1-3H3,(H,27,28)/b29-22+/t17-,18-,19-,25+,26-/m0/s1. The monoisotopic (exact) mass is 469 g/mol. The molecule has 7 heteroatoms. The normalized spacial score (nSPS) is 40.0. The Bertz CT molecular complexity index is 979. The Morgan fingerprint density at radius 2 is 1.91 bits per heavy atom. The number of thiazole rings is 1. The van der Waals surface area contributed by atoms with Gasteiger partial charge in [0.2, 0.25) is 0 Å². The van der Waals surface area contributed by atoms with Crippen LogP contribution >= 0.6 is 11.3 Å². The van der Waals surface area contributed by atoms with Crippen LogP contribution in [-0.4, -0.2) is 58.5 Å². The second kappa shape index (κ2) is 8.06. The quantitative estimate of drug-likeness (QED) is 0.475. The molecule has 4 aliphatic carbocycles. The lowest BCUT2D eigenvalue weighted by molar-refractivity contribution is 0.0110. The van der Waals surface area contributed by atoms with Crippen molar-refractivity contribution < 1.29 is 5.21 Å². The molecule has 1 saturated heterocycles. The molecule has 0 bridgehead atoms. The van der Waals surface area contributed by atoms with Gasteiger partial charge in [0.25, 0.3) is 0 Å². The van der Waals surface area contributed by atoms with E-state index in [0.717, 1.165) is 68.2 Å². The Hall–Kier alpha value is -1.44. The number of aromatic nitrogens is 1. The van der Waals surface area contributed by atoms with Crippen LogP contribution in [0.15, 0.2) is 11.2 Å². The number of hydrogen-bond donors (Lipinski definition) is 2. The minimum absolute atomic E-state index is 0.112. The van der Waals surface area contributed by atoms with Gasteiger partial charge in [-0.05, 0) is 80.2 Å². The van der Waals surface area contributed by atoms with Gasteiger partial charge in [0.1, 0.15) is 0 Å². The third-order valence-electron chi connectivity index (χ3n) is 10.2. The van der Waals surface area contributed by atoms with Crippen molar-refractivity contribution in [1.82, 2.24) is 14.9 Å². The van der Waals surface area contributed by atoms with Crippen LogP contribution in [0.4, 0.5) is 5.13 Å². The first-order chi connectivity index (χ1) is 16.0. The fourth-order valence-corrected chi connectivity index (χ4v) is 9.40. The first-order valence-corrected chi connectivity index (χ1v) is 13.9. The number of hydrazine groups is 1. The van der Waals surface area contributed by atoms with Crippen LogP contribution in [0.1, 0.15) is 69.9 Å². The van der Waals surface area contributed by atoms with Crippen molar-refractivity contribution in [3.8, 4) is 0 Å². The summed E-state index contributed by atoms with van der Waals surface area (Å²) in [6.07, 6.45) is 10.7. The van der Waals surface area contributed by atoms with Crippen LogP contribution in [-0.2, 0) is 6.42 Å². The predicted octanol–water partition coefficient (Wildman–Crippen LogP) is 5.12. The molecule has 0 unspecified atom stereocenters. The first-order valence-electron chi connectivity index (χ1n) is 13.1. The summed E-state index contributed by atoms with van der Waals surface area (Å²) in [7, 11) is 0. The second-order valence-corrected chi connectivity index (χ2v) is 12.5. The van der Waals surface area contributed by atoms with Crippen molar-refractivity contribution in [1.29, 1.82) is 0 Å². The number of oxime groups is 1. The van der Waals surface area contributed by atoms with Crippen LogP contribution in [0, 0.1) is 28.6 Å². The molecule has 1 aliphatic heterocycles. The minimum atomic E-state index is 0.112. The van der Waals surface area contributed by atoms with Gasteiger partial charge in [-0.15, -0.1) is 0 Å². The van der Waals surface area contributed by atoms with Gasteiger partial charge in [-0.3, -0.25) is 5.43 Å². The molecule has 0 amide bonds. The van der Waals surface area contributed by atoms with E-state index < -0.39 is 0 Å². The van der Waals surface area contributed by atoms with Gasteiger partial charge in [-0.2, -0.15) is 0 Å². The van der Waals surface area contributed by atoms with Gasteiger partial charge in [0.05, 0.1) is 16.3 Å². The molecular weight excluding hydrogens is 430 g/mol. The fourth-order valence-electron chi connectivity index (χ4n) is 8.19. The van der Waals surface area contributed by atoms with Crippen LogP contribution in [0.5, 0.6) is 0 Å².